The van der Waals surface area contributed by atoms with Crippen molar-refractivity contribution in [2.45, 2.75) is 43.7 Å². The Labute approximate surface area is 199 Å². The van der Waals surface area contributed by atoms with Crippen molar-refractivity contribution in [3.8, 4) is 11.3 Å². The predicted molar refractivity (Wildman–Crippen MR) is 134 cm³/mol. The van der Waals surface area contributed by atoms with Gasteiger partial charge in [-0.05, 0) is 61.4 Å². The Morgan fingerprint density at radius 2 is 1.94 bits per heavy atom. The zero-order valence-corrected chi connectivity index (χ0v) is 19.4. The lowest BCUT2D eigenvalue weighted by atomic mass is 9.88. The summed E-state index contributed by atoms with van der Waals surface area (Å²) >= 11 is 6.54. The molecule has 1 aromatic carbocycles. The van der Waals surface area contributed by atoms with Crippen LogP contribution in [0.5, 0.6) is 0 Å². The molecule has 1 saturated heterocycles. The van der Waals surface area contributed by atoms with E-state index in [9.17, 15) is 0 Å². The van der Waals surface area contributed by atoms with Gasteiger partial charge >= 0.3 is 0 Å². The molecule has 1 fully saturated rings. The van der Waals surface area contributed by atoms with E-state index >= 15 is 0 Å². The number of nitrogens with zero attached hydrogens (tertiary/aromatic N) is 2. The average Bonchev–Trinajstić information content (AvgIpc) is 2.85. The molecular formula is C26H30ClN5O. The van der Waals surface area contributed by atoms with E-state index in [-0.39, 0.29) is 11.6 Å². The number of pyridine rings is 2. The van der Waals surface area contributed by atoms with Gasteiger partial charge in [0.15, 0.2) is 0 Å². The van der Waals surface area contributed by atoms with E-state index in [4.69, 9.17) is 27.1 Å². The van der Waals surface area contributed by atoms with Gasteiger partial charge in [-0.25, -0.2) is 9.97 Å². The van der Waals surface area contributed by atoms with Crippen LogP contribution in [0.2, 0.25) is 5.02 Å². The third-order valence-corrected chi connectivity index (χ3v) is 6.98. The summed E-state index contributed by atoms with van der Waals surface area (Å²) in [5.74, 6) is 1.59. The van der Waals surface area contributed by atoms with E-state index in [2.05, 4.69) is 39.9 Å². The molecule has 1 atom stereocenters. The van der Waals surface area contributed by atoms with Gasteiger partial charge in [-0.15, -0.1) is 0 Å². The Kier molecular flexibility index (Phi) is 6.49. The maximum atomic E-state index is 6.54. The van der Waals surface area contributed by atoms with Crippen LogP contribution >= 0.6 is 11.6 Å². The molecule has 0 bridgehead atoms. The van der Waals surface area contributed by atoms with E-state index in [0.717, 1.165) is 48.6 Å². The van der Waals surface area contributed by atoms with Gasteiger partial charge < -0.3 is 21.1 Å². The molecule has 7 heteroatoms. The lowest BCUT2D eigenvalue weighted by Gasteiger charge is -2.33. The van der Waals surface area contributed by atoms with Gasteiger partial charge in [0.2, 0.25) is 0 Å². The molecule has 3 heterocycles. The van der Waals surface area contributed by atoms with Crippen molar-refractivity contribution in [1.82, 2.24) is 9.97 Å². The van der Waals surface area contributed by atoms with Crippen LogP contribution in [0, 0.1) is 0 Å². The molecule has 5 rings (SSSR count). The highest BCUT2D eigenvalue weighted by Crippen LogP contribution is 2.34. The molecule has 2 aromatic heterocycles. The van der Waals surface area contributed by atoms with E-state index in [1.165, 1.54) is 17.5 Å². The van der Waals surface area contributed by atoms with E-state index in [1.54, 1.807) is 6.20 Å². The monoisotopic (exact) mass is 463 g/mol. The van der Waals surface area contributed by atoms with Gasteiger partial charge in [0.1, 0.15) is 11.6 Å². The summed E-state index contributed by atoms with van der Waals surface area (Å²) in [6.07, 6.45) is 6.77. The molecule has 3 aromatic rings. The number of nitrogens with one attached hydrogen (secondary N) is 2. The Morgan fingerprint density at radius 3 is 2.82 bits per heavy atom. The Hall–Kier alpha value is -2.67. The minimum atomic E-state index is -0.266. The fourth-order valence-corrected chi connectivity index (χ4v) is 4.90. The van der Waals surface area contributed by atoms with Crippen molar-refractivity contribution in [3.05, 3.63) is 70.9 Å². The number of aromatic nitrogens is 2. The summed E-state index contributed by atoms with van der Waals surface area (Å²) in [6, 6.07) is 16.8. The normalized spacial score (nSPS) is 19.5. The SMILES string of the molecule is NC1(CNc2cccc(-c3cc(N[C@@H]4CCCc5ccccc54)ncc3Cl)n2)CCOCC1. The van der Waals surface area contributed by atoms with E-state index in [0.29, 0.717) is 24.8 Å². The third-order valence-electron chi connectivity index (χ3n) is 6.68. The Balaban J connectivity index is 1.34. The molecule has 0 spiro atoms. The van der Waals surface area contributed by atoms with Crippen LogP contribution in [0.3, 0.4) is 0 Å². The van der Waals surface area contributed by atoms with Crippen molar-refractivity contribution in [3.63, 3.8) is 0 Å². The summed E-state index contributed by atoms with van der Waals surface area (Å²) < 4.78 is 5.44. The average molecular weight is 464 g/mol. The number of aryl methyl sites for hydroxylation is 1. The standard InChI is InChI=1S/C26H30ClN5O/c27-21-16-29-25(32-22-8-3-6-18-5-1-2-7-19(18)22)15-20(21)23-9-4-10-24(31-23)30-17-26(28)11-13-33-14-12-26/h1-2,4-5,7,9-10,15-16,22H,3,6,8,11-14,17,28H2,(H,29,32)(H,30,31)/t22-/m1/s1. The second-order valence-electron chi connectivity index (χ2n) is 9.07. The van der Waals surface area contributed by atoms with Crippen LogP contribution in [0.1, 0.15) is 42.9 Å². The topological polar surface area (TPSA) is 85.1 Å². The number of fused-ring (bicyclic) bond motifs is 1. The minimum absolute atomic E-state index is 0.248. The summed E-state index contributed by atoms with van der Waals surface area (Å²) in [5.41, 5.74) is 10.7. The second-order valence-corrected chi connectivity index (χ2v) is 9.48. The highest BCUT2D eigenvalue weighted by Gasteiger charge is 2.28. The van der Waals surface area contributed by atoms with Crippen molar-refractivity contribution >= 4 is 23.2 Å². The summed E-state index contributed by atoms with van der Waals surface area (Å²) in [6.45, 7) is 2.07. The first-order valence-corrected chi connectivity index (χ1v) is 12.1. The number of hydrogen-bond acceptors (Lipinski definition) is 6. The zero-order valence-electron chi connectivity index (χ0n) is 18.7. The van der Waals surface area contributed by atoms with Crippen LogP contribution in [-0.2, 0) is 11.2 Å². The first-order valence-electron chi connectivity index (χ1n) is 11.7. The maximum Gasteiger partial charge on any atom is 0.127 e. The highest BCUT2D eigenvalue weighted by atomic mass is 35.5. The predicted octanol–water partition coefficient (Wildman–Crippen LogP) is 5.21. The number of benzene rings is 1. The fraction of sp³-hybridized carbons (Fsp3) is 0.385. The molecule has 1 aliphatic carbocycles. The second kappa shape index (κ2) is 9.67. The van der Waals surface area contributed by atoms with Crippen LogP contribution in [0.4, 0.5) is 11.6 Å². The third kappa shape index (κ3) is 5.13. The molecule has 1 aliphatic heterocycles. The molecule has 33 heavy (non-hydrogen) atoms. The molecule has 172 valence electrons. The van der Waals surface area contributed by atoms with Crippen LogP contribution in [-0.4, -0.2) is 35.3 Å². The Bertz CT molecular complexity index is 1120. The number of anilines is 2. The molecule has 0 amide bonds. The molecule has 0 saturated carbocycles. The molecular weight excluding hydrogens is 434 g/mol. The molecule has 0 radical (unpaired) electrons. The van der Waals surface area contributed by atoms with Gasteiger partial charge in [0.05, 0.1) is 16.8 Å². The van der Waals surface area contributed by atoms with Gasteiger partial charge in [-0.2, -0.15) is 0 Å². The molecule has 4 N–H and O–H groups in total. The lowest BCUT2D eigenvalue weighted by Crippen LogP contribution is -2.50. The van der Waals surface area contributed by atoms with E-state index < -0.39 is 0 Å². The van der Waals surface area contributed by atoms with Crippen LogP contribution in [0.25, 0.3) is 11.3 Å². The number of hydrogen-bond donors (Lipinski definition) is 3. The lowest BCUT2D eigenvalue weighted by molar-refractivity contribution is 0.0574. The molecule has 6 nitrogen and oxygen atoms in total. The van der Waals surface area contributed by atoms with E-state index in [1.807, 2.05) is 24.3 Å². The van der Waals surface area contributed by atoms with Gasteiger partial charge in [0.25, 0.3) is 0 Å². The van der Waals surface area contributed by atoms with Gasteiger partial charge in [-0.1, -0.05) is 41.9 Å². The summed E-state index contributed by atoms with van der Waals surface area (Å²) in [5, 5.41) is 7.61. The number of halogens is 1. The molecule has 0 unspecified atom stereocenters. The number of rotatable bonds is 6. The quantitative estimate of drug-likeness (QED) is 0.465. The summed E-state index contributed by atoms with van der Waals surface area (Å²) in [7, 11) is 0. The van der Waals surface area contributed by atoms with Crippen molar-refractivity contribution in [1.29, 1.82) is 0 Å². The van der Waals surface area contributed by atoms with Crippen LogP contribution in [0.15, 0.2) is 54.7 Å². The zero-order chi connectivity index (χ0) is 22.7. The summed E-state index contributed by atoms with van der Waals surface area (Å²) in [4.78, 5) is 9.35. The first kappa shape index (κ1) is 22.1. The van der Waals surface area contributed by atoms with Crippen molar-refractivity contribution in [2.75, 3.05) is 30.4 Å². The minimum Gasteiger partial charge on any atom is -0.381 e. The van der Waals surface area contributed by atoms with Crippen molar-refractivity contribution in [2.24, 2.45) is 5.73 Å². The fourth-order valence-electron chi connectivity index (χ4n) is 4.70. The number of ether oxygens (including phenoxy) is 1. The first-order chi connectivity index (χ1) is 16.1. The maximum absolute atomic E-state index is 6.54. The van der Waals surface area contributed by atoms with Gasteiger partial charge in [0, 0.05) is 37.1 Å². The van der Waals surface area contributed by atoms with Crippen LogP contribution < -0.4 is 16.4 Å². The van der Waals surface area contributed by atoms with Crippen molar-refractivity contribution < 1.29 is 4.74 Å². The highest BCUT2D eigenvalue weighted by molar-refractivity contribution is 6.33. The smallest absolute Gasteiger partial charge is 0.127 e. The Morgan fingerprint density at radius 1 is 1.09 bits per heavy atom. The molecule has 2 aliphatic rings. The number of nitrogens with two attached hydrogens (primary N) is 1. The largest absolute Gasteiger partial charge is 0.381 e. The van der Waals surface area contributed by atoms with Gasteiger partial charge in [-0.3, -0.25) is 0 Å².